The van der Waals surface area contributed by atoms with Crippen LogP contribution in [0.4, 0.5) is 17.1 Å². The highest BCUT2D eigenvalue weighted by molar-refractivity contribution is 7.93. The number of carbonyl (C=O) groups excluding carboxylic acids is 1. The highest BCUT2D eigenvalue weighted by atomic mass is 32.2. The Labute approximate surface area is 160 Å². The Morgan fingerprint density at radius 3 is 2.25 bits per heavy atom. The molecule has 0 saturated heterocycles. The van der Waals surface area contributed by atoms with Crippen molar-refractivity contribution in [1.29, 1.82) is 0 Å². The van der Waals surface area contributed by atoms with Crippen LogP contribution in [0, 0.1) is 0 Å². The lowest BCUT2D eigenvalue weighted by atomic mass is 10.1. The van der Waals surface area contributed by atoms with Crippen molar-refractivity contribution in [3.05, 3.63) is 60.2 Å². The van der Waals surface area contributed by atoms with Crippen LogP contribution < -0.4 is 19.9 Å². The number of rotatable bonds is 5. The van der Waals surface area contributed by atoms with Gasteiger partial charge in [-0.25, -0.2) is 13.6 Å². The molecule has 1 amide bonds. The van der Waals surface area contributed by atoms with Crippen molar-refractivity contribution in [1.82, 2.24) is 0 Å². The molecule has 28 heavy (non-hydrogen) atoms. The molecule has 0 spiro atoms. The largest absolute Gasteiger partial charge is 0.321 e. The van der Waals surface area contributed by atoms with Crippen molar-refractivity contribution in [3.8, 4) is 0 Å². The first-order valence-electron chi connectivity index (χ1n) is 7.94. The molecule has 144 valence electrons. The molecule has 1 aliphatic rings. The minimum Gasteiger partial charge on any atom is -0.321 e. The molecule has 4 rings (SSSR count). The van der Waals surface area contributed by atoms with Crippen LogP contribution in [0.25, 0.3) is 10.8 Å². The number of hydrogen-bond donors (Lipinski definition) is 4. The minimum absolute atomic E-state index is 0.00518. The van der Waals surface area contributed by atoms with Crippen LogP contribution in [0.15, 0.2) is 59.5 Å². The number of hydrogen-bond acceptors (Lipinski definition) is 5. The average molecular weight is 418 g/mol. The summed E-state index contributed by atoms with van der Waals surface area (Å²) in [4.78, 5) is 12.0. The van der Waals surface area contributed by atoms with Gasteiger partial charge in [0.05, 0.1) is 16.3 Å². The van der Waals surface area contributed by atoms with E-state index in [1.165, 1.54) is 36.4 Å². The van der Waals surface area contributed by atoms with Crippen molar-refractivity contribution in [2.45, 2.75) is 4.90 Å². The molecule has 0 aromatic heterocycles. The maximum atomic E-state index is 13.0. The van der Waals surface area contributed by atoms with Crippen LogP contribution in [0.3, 0.4) is 0 Å². The molecule has 0 bridgehead atoms. The van der Waals surface area contributed by atoms with Gasteiger partial charge < -0.3 is 5.32 Å². The maximum Gasteiger partial charge on any atom is 0.296 e. The zero-order chi connectivity index (χ0) is 20.1. The van der Waals surface area contributed by atoms with Gasteiger partial charge in [-0.1, -0.05) is 18.2 Å². The van der Waals surface area contributed by atoms with E-state index in [0.29, 0.717) is 22.0 Å². The van der Waals surface area contributed by atoms with Gasteiger partial charge in [0.25, 0.3) is 26.1 Å². The molecular formula is C17H14N4O5S2. The lowest BCUT2D eigenvalue weighted by molar-refractivity contribution is 0.103. The summed E-state index contributed by atoms with van der Waals surface area (Å²) in [6.45, 7) is 0. The third-order valence-corrected chi connectivity index (χ3v) is 6.12. The lowest BCUT2D eigenvalue weighted by Crippen LogP contribution is -2.21. The first-order chi connectivity index (χ1) is 13.1. The quantitative estimate of drug-likeness (QED) is 0.499. The smallest absolute Gasteiger partial charge is 0.296 e. The Bertz CT molecular complexity index is 1350. The molecule has 5 N–H and O–H groups in total. The highest BCUT2D eigenvalue weighted by Crippen LogP contribution is 2.37. The van der Waals surface area contributed by atoms with Gasteiger partial charge in [-0.2, -0.15) is 8.42 Å². The molecule has 0 radical (unpaired) electrons. The van der Waals surface area contributed by atoms with Crippen molar-refractivity contribution < 1.29 is 21.6 Å². The first-order valence-corrected chi connectivity index (χ1v) is 11.0. The zero-order valence-electron chi connectivity index (χ0n) is 14.1. The van der Waals surface area contributed by atoms with E-state index in [1.807, 2.05) is 0 Å². The minimum atomic E-state index is -4.02. The number of benzene rings is 3. The van der Waals surface area contributed by atoms with Gasteiger partial charge in [-0.15, -0.1) is 0 Å². The van der Waals surface area contributed by atoms with Crippen LogP contribution in [0.2, 0.25) is 0 Å². The summed E-state index contributed by atoms with van der Waals surface area (Å²) in [5.41, 5.74) is 1.21. The molecule has 3 aromatic carbocycles. The van der Waals surface area contributed by atoms with E-state index in [0.717, 1.165) is 0 Å². The Hall–Kier alpha value is -3.15. The number of nitrogens with two attached hydrogens (primary N) is 1. The highest BCUT2D eigenvalue weighted by Gasteiger charge is 2.26. The van der Waals surface area contributed by atoms with Gasteiger partial charge in [0.15, 0.2) is 0 Å². The fourth-order valence-corrected chi connectivity index (χ4v) is 4.83. The number of sulfonamides is 1. The topological polar surface area (TPSA) is 147 Å². The second kappa shape index (κ2) is 6.19. The van der Waals surface area contributed by atoms with Crippen molar-refractivity contribution in [2.75, 3.05) is 14.8 Å². The van der Waals surface area contributed by atoms with E-state index in [2.05, 4.69) is 14.8 Å². The molecule has 0 aliphatic carbocycles. The van der Waals surface area contributed by atoms with Gasteiger partial charge >= 0.3 is 0 Å². The zero-order valence-corrected chi connectivity index (χ0v) is 15.8. The standard InChI is InChI=1S/C17H14N4O5S2/c18-28(25,26)21-11-4-1-3-10(9-11)20-27(23,24)15-8-7-14-16-12(15)5-2-6-13(16)17(22)19-14/h1-9,20-21H,(H,19,22)(H2,18,25,26). The summed E-state index contributed by atoms with van der Waals surface area (Å²) < 4.78 is 52.7. The summed E-state index contributed by atoms with van der Waals surface area (Å²) >= 11 is 0. The molecule has 1 aliphatic heterocycles. The van der Waals surface area contributed by atoms with Crippen LogP contribution in [-0.4, -0.2) is 22.7 Å². The second-order valence-electron chi connectivity index (χ2n) is 6.13. The number of anilines is 3. The molecule has 0 fully saturated rings. The Morgan fingerprint density at radius 1 is 0.857 bits per heavy atom. The van der Waals surface area contributed by atoms with Crippen molar-refractivity contribution >= 4 is 54.0 Å². The number of amides is 1. The predicted molar refractivity (Wildman–Crippen MR) is 106 cm³/mol. The van der Waals surface area contributed by atoms with Crippen LogP contribution in [0.5, 0.6) is 0 Å². The van der Waals surface area contributed by atoms with E-state index in [9.17, 15) is 21.6 Å². The molecular weight excluding hydrogens is 404 g/mol. The Kier molecular flexibility index (Phi) is 4.03. The third kappa shape index (κ3) is 3.26. The fraction of sp³-hybridized carbons (Fsp3) is 0. The van der Waals surface area contributed by atoms with E-state index in [-0.39, 0.29) is 22.2 Å². The van der Waals surface area contributed by atoms with Gasteiger partial charge in [-0.05, 0) is 36.4 Å². The number of nitrogens with one attached hydrogen (secondary N) is 3. The van der Waals surface area contributed by atoms with Gasteiger partial charge in [0.1, 0.15) is 0 Å². The fourth-order valence-electron chi connectivity index (χ4n) is 3.12. The Morgan fingerprint density at radius 2 is 1.54 bits per heavy atom. The summed E-state index contributed by atoms with van der Waals surface area (Å²) in [6, 6.07) is 13.5. The maximum absolute atomic E-state index is 13.0. The molecule has 1 heterocycles. The van der Waals surface area contributed by atoms with Gasteiger partial charge in [0, 0.05) is 22.0 Å². The molecule has 11 heteroatoms. The van der Waals surface area contributed by atoms with Crippen LogP contribution in [-0.2, 0) is 20.2 Å². The molecule has 9 nitrogen and oxygen atoms in total. The molecule has 3 aromatic rings. The number of carbonyl (C=O) groups is 1. The van der Waals surface area contributed by atoms with E-state index in [1.54, 1.807) is 18.2 Å². The van der Waals surface area contributed by atoms with E-state index in [4.69, 9.17) is 5.14 Å². The summed E-state index contributed by atoms with van der Waals surface area (Å²) in [7, 11) is -8.01. The predicted octanol–water partition coefficient (Wildman–Crippen LogP) is 1.82. The second-order valence-corrected chi connectivity index (χ2v) is 9.07. The van der Waals surface area contributed by atoms with Crippen LogP contribution >= 0.6 is 0 Å². The summed E-state index contributed by atoms with van der Waals surface area (Å²) in [5, 5.41) is 8.57. The first kappa shape index (κ1) is 18.2. The lowest BCUT2D eigenvalue weighted by Gasteiger charge is -2.12. The van der Waals surface area contributed by atoms with Crippen molar-refractivity contribution in [3.63, 3.8) is 0 Å². The summed E-state index contributed by atoms with van der Waals surface area (Å²) in [6.07, 6.45) is 0. The summed E-state index contributed by atoms with van der Waals surface area (Å²) in [5.74, 6) is -0.287. The van der Waals surface area contributed by atoms with Crippen molar-refractivity contribution in [2.24, 2.45) is 5.14 Å². The van der Waals surface area contributed by atoms with E-state index < -0.39 is 20.2 Å². The Balaban J connectivity index is 1.76. The van der Waals surface area contributed by atoms with E-state index >= 15 is 0 Å². The monoisotopic (exact) mass is 418 g/mol. The van der Waals surface area contributed by atoms with Gasteiger partial charge in [-0.3, -0.25) is 14.2 Å². The third-order valence-electron chi connectivity index (χ3n) is 4.16. The SMILES string of the molecule is NS(=O)(=O)Nc1cccc(NS(=O)(=O)c2ccc3c4c(cccc24)C(=O)N3)c1. The normalized spacial score (nSPS) is 13.4. The average Bonchev–Trinajstić information content (AvgIpc) is 2.91. The molecule has 0 unspecified atom stereocenters. The molecule has 0 saturated carbocycles. The van der Waals surface area contributed by atoms with Crippen LogP contribution in [0.1, 0.15) is 10.4 Å². The van der Waals surface area contributed by atoms with Gasteiger partial charge in [0.2, 0.25) is 0 Å². The molecule has 0 atom stereocenters.